The van der Waals surface area contributed by atoms with Crippen LogP contribution in [0.15, 0.2) is 60.8 Å². The number of aromatic nitrogens is 2. The summed E-state index contributed by atoms with van der Waals surface area (Å²) in [5.41, 5.74) is 7.57. The minimum absolute atomic E-state index is 0.138. The zero-order valence-electron chi connectivity index (χ0n) is 17.3. The van der Waals surface area contributed by atoms with Crippen LogP contribution < -0.4 is 5.32 Å². The Balaban J connectivity index is 1.34. The van der Waals surface area contributed by atoms with Crippen LogP contribution in [0, 0.1) is 0 Å². The number of allylic oxidation sites excluding steroid dienone is 1. The highest BCUT2D eigenvalue weighted by atomic mass is 16.1. The number of rotatable bonds is 5. The van der Waals surface area contributed by atoms with Gasteiger partial charge in [-0.15, -0.1) is 0 Å². The lowest BCUT2D eigenvalue weighted by Crippen LogP contribution is -2.32. The Morgan fingerprint density at radius 1 is 1.07 bits per heavy atom. The Kier molecular flexibility index (Phi) is 4.99. The van der Waals surface area contributed by atoms with Crippen molar-refractivity contribution in [1.29, 1.82) is 0 Å². The molecular formula is C26H27N3O. The van der Waals surface area contributed by atoms with Crippen molar-refractivity contribution in [3.8, 4) is 22.4 Å². The van der Waals surface area contributed by atoms with E-state index in [-0.39, 0.29) is 11.9 Å². The van der Waals surface area contributed by atoms with Gasteiger partial charge in [0, 0.05) is 18.7 Å². The molecule has 2 atom stereocenters. The molecule has 152 valence electrons. The van der Waals surface area contributed by atoms with Crippen LogP contribution >= 0.6 is 0 Å². The third-order valence-electron chi connectivity index (χ3n) is 6.40. The second-order valence-corrected chi connectivity index (χ2v) is 8.34. The van der Waals surface area contributed by atoms with Crippen molar-refractivity contribution in [2.75, 3.05) is 0 Å². The normalized spacial score (nSPS) is 19.8. The molecule has 30 heavy (non-hydrogen) atoms. The zero-order chi connectivity index (χ0) is 20.5. The number of hydrogen-bond acceptors (Lipinski definition) is 2. The number of hydrogen-bond donors (Lipinski definition) is 1. The van der Waals surface area contributed by atoms with Crippen LogP contribution in [-0.2, 0) is 11.2 Å². The lowest BCUT2D eigenvalue weighted by molar-refractivity contribution is -0.121. The van der Waals surface area contributed by atoms with Gasteiger partial charge in [0.25, 0.3) is 0 Å². The quantitative estimate of drug-likeness (QED) is 0.626. The smallest absolute Gasteiger partial charge is 0.219 e. The summed E-state index contributed by atoms with van der Waals surface area (Å²) in [6, 6.07) is 18.2. The van der Waals surface area contributed by atoms with E-state index < -0.39 is 0 Å². The molecule has 0 spiro atoms. The highest BCUT2D eigenvalue weighted by Crippen LogP contribution is 2.34. The molecule has 1 N–H and O–H groups in total. The van der Waals surface area contributed by atoms with E-state index in [1.807, 2.05) is 13.1 Å². The predicted octanol–water partition coefficient (Wildman–Crippen LogP) is 5.41. The first-order valence-corrected chi connectivity index (χ1v) is 10.9. The summed E-state index contributed by atoms with van der Waals surface area (Å²) in [6.07, 6.45) is 10.9. The Morgan fingerprint density at radius 3 is 2.70 bits per heavy atom. The number of benzene rings is 2. The molecule has 2 aromatic carbocycles. The molecule has 1 fully saturated rings. The third kappa shape index (κ3) is 3.58. The summed E-state index contributed by atoms with van der Waals surface area (Å²) in [5.74, 6) is 0.138. The summed E-state index contributed by atoms with van der Waals surface area (Å²) in [4.78, 5) is 11.7. The first-order valence-electron chi connectivity index (χ1n) is 10.9. The van der Waals surface area contributed by atoms with Gasteiger partial charge in [-0.1, -0.05) is 61.5 Å². The molecule has 2 aliphatic rings. The van der Waals surface area contributed by atoms with Gasteiger partial charge >= 0.3 is 0 Å². The van der Waals surface area contributed by atoms with E-state index in [0.29, 0.717) is 12.5 Å². The summed E-state index contributed by atoms with van der Waals surface area (Å²) in [6.45, 7) is 1.90. The molecule has 1 heterocycles. The fraction of sp³-hybridized carbons (Fsp3) is 0.308. The lowest BCUT2D eigenvalue weighted by Gasteiger charge is -2.16. The Hall–Kier alpha value is -3.14. The van der Waals surface area contributed by atoms with E-state index in [9.17, 15) is 4.79 Å². The molecule has 1 aromatic heterocycles. The maximum atomic E-state index is 11.7. The molecule has 1 amide bonds. The van der Waals surface area contributed by atoms with Crippen molar-refractivity contribution in [2.24, 2.45) is 0 Å². The van der Waals surface area contributed by atoms with Crippen LogP contribution in [0.4, 0.5) is 0 Å². The van der Waals surface area contributed by atoms with E-state index in [2.05, 4.69) is 75.8 Å². The van der Waals surface area contributed by atoms with Crippen LogP contribution in [0.3, 0.4) is 0 Å². The maximum absolute atomic E-state index is 11.7. The molecule has 5 rings (SSSR count). The predicted molar refractivity (Wildman–Crippen MR) is 121 cm³/mol. The lowest BCUT2D eigenvalue weighted by atomic mass is 9.99. The van der Waals surface area contributed by atoms with Crippen molar-refractivity contribution in [3.63, 3.8) is 0 Å². The Bertz CT molecular complexity index is 1090. The van der Waals surface area contributed by atoms with Gasteiger partial charge in [-0.05, 0) is 59.6 Å². The largest absolute Gasteiger partial charge is 0.353 e. The summed E-state index contributed by atoms with van der Waals surface area (Å²) >= 11 is 0. The van der Waals surface area contributed by atoms with Crippen LogP contribution in [0.5, 0.6) is 0 Å². The average Bonchev–Trinajstić information content (AvgIpc) is 3.53. The number of nitrogens with one attached hydrogen (secondary N) is 1. The molecule has 0 saturated heterocycles. The average molecular weight is 398 g/mol. The minimum Gasteiger partial charge on any atom is -0.353 e. The fourth-order valence-electron chi connectivity index (χ4n) is 4.75. The summed E-state index contributed by atoms with van der Waals surface area (Å²) in [5, 5.41) is 7.76. The fourth-order valence-corrected chi connectivity index (χ4v) is 4.75. The molecule has 0 aliphatic heterocycles. The van der Waals surface area contributed by atoms with Gasteiger partial charge in [0.1, 0.15) is 0 Å². The van der Waals surface area contributed by atoms with Gasteiger partial charge in [-0.25, -0.2) is 0 Å². The van der Waals surface area contributed by atoms with Gasteiger partial charge in [0.05, 0.1) is 11.7 Å². The third-order valence-corrected chi connectivity index (χ3v) is 6.40. The Morgan fingerprint density at radius 2 is 1.87 bits per heavy atom. The number of fused-ring (bicyclic) bond motifs is 1. The molecule has 4 heteroatoms. The molecule has 0 unspecified atom stereocenters. The van der Waals surface area contributed by atoms with E-state index >= 15 is 0 Å². The second-order valence-electron chi connectivity index (χ2n) is 8.34. The topological polar surface area (TPSA) is 46.9 Å². The first kappa shape index (κ1) is 18.9. The molecule has 1 saturated carbocycles. The summed E-state index contributed by atoms with van der Waals surface area (Å²) in [7, 11) is 0. The maximum Gasteiger partial charge on any atom is 0.219 e. The Labute approximate surface area is 177 Å². The van der Waals surface area contributed by atoms with Crippen molar-refractivity contribution >= 4 is 12.0 Å². The van der Waals surface area contributed by atoms with E-state index in [0.717, 1.165) is 31.4 Å². The summed E-state index contributed by atoms with van der Waals surface area (Å²) < 4.78 is 2.15. The van der Waals surface area contributed by atoms with Crippen molar-refractivity contribution < 1.29 is 4.79 Å². The van der Waals surface area contributed by atoms with Crippen LogP contribution in [0.2, 0.25) is 0 Å². The molecule has 4 nitrogen and oxygen atoms in total. The standard InChI is InChI=1S/C26H27N3O/c1-2-26(30)28-23-12-13-24(17-23)29-25(14-15-27-29)20-9-6-19(7-10-20)22-11-8-18-4-3-5-21(18)16-22/h3-4,6-11,14-16,23-24H,2,5,12-13,17H2,1H3,(H,28,30)/t23-,24+/m0/s1. The molecular weight excluding hydrogens is 370 g/mol. The van der Waals surface area contributed by atoms with Gasteiger partial charge < -0.3 is 5.32 Å². The van der Waals surface area contributed by atoms with E-state index in [1.54, 1.807) is 0 Å². The van der Waals surface area contributed by atoms with Crippen molar-refractivity contribution in [2.45, 2.75) is 51.1 Å². The van der Waals surface area contributed by atoms with Crippen LogP contribution in [-0.4, -0.2) is 21.7 Å². The van der Waals surface area contributed by atoms with Gasteiger partial charge in [-0.3, -0.25) is 9.48 Å². The van der Waals surface area contributed by atoms with Crippen LogP contribution in [0.1, 0.15) is 49.8 Å². The number of amides is 1. The minimum atomic E-state index is 0.138. The van der Waals surface area contributed by atoms with Crippen LogP contribution in [0.25, 0.3) is 28.5 Å². The van der Waals surface area contributed by atoms with E-state index in [1.165, 1.54) is 27.8 Å². The zero-order valence-corrected chi connectivity index (χ0v) is 17.3. The van der Waals surface area contributed by atoms with Gasteiger partial charge in [0.2, 0.25) is 5.91 Å². The first-order chi connectivity index (χ1) is 14.7. The monoisotopic (exact) mass is 397 g/mol. The van der Waals surface area contributed by atoms with E-state index in [4.69, 9.17) is 0 Å². The highest BCUT2D eigenvalue weighted by molar-refractivity contribution is 5.76. The van der Waals surface area contributed by atoms with Crippen molar-refractivity contribution in [1.82, 2.24) is 15.1 Å². The SMILES string of the molecule is CCC(=O)N[C@H]1CC[C@@H](n2nccc2-c2ccc(-c3ccc4c(c3)CC=C4)cc2)C1. The number of carbonyl (C=O) groups is 1. The molecule has 0 bridgehead atoms. The molecule has 2 aliphatic carbocycles. The van der Waals surface area contributed by atoms with Gasteiger partial charge in [0.15, 0.2) is 0 Å². The van der Waals surface area contributed by atoms with Crippen molar-refractivity contribution in [3.05, 3.63) is 71.9 Å². The highest BCUT2D eigenvalue weighted by Gasteiger charge is 2.28. The number of nitrogens with zero attached hydrogens (tertiary/aromatic N) is 2. The number of carbonyl (C=O) groups excluding carboxylic acids is 1. The van der Waals surface area contributed by atoms with Gasteiger partial charge in [-0.2, -0.15) is 5.10 Å². The second kappa shape index (κ2) is 7.94. The molecule has 0 radical (unpaired) electrons. The molecule has 3 aromatic rings.